The van der Waals surface area contributed by atoms with E-state index in [0.717, 1.165) is 16.0 Å². The lowest BCUT2D eigenvalue weighted by molar-refractivity contribution is 0.0596. The third-order valence-electron chi connectivity index (χ3n) is 2.79. The van der Waals surface area contributed by atoms with Crippen LogP contribution in [0.1, 0.15) is 21.6 Å². The number of aromatic nitrogens is 1. The first-order valence-electron chi connectivity index (χ1n) is 5.45. The van der Waals surface area contributed by atoms with Gasteiger partial charge >= 0.3 is 5.97 Å². The van der Waals surface area contributed by atoms with Gasteiger partial charge in [0.2, 0.25) is 0 Å². The van der Waals surface area contributed by atoms with Gasteiger partial charge in [0.05, 0.1) is 12.0 Å². The normalized spacial score (nSPS) is 10.4. The average molecular weight is 262 g/mol. The minimum absolute atomic E-state index is 0.281. The molecule has 2 aromatic rings. The van der Waals surface area contributed by atoms with E-state index >= 15 is 0 Å². The number of aryl methyl sites for hydroxylation is 2. The van der Waals surface area contributed by atoms with Crippen LogP contribution in [-0.4, -0.2) is 18.1 Å². The van der Waals surface area contributed by atoms with Gasteiger partial charge in [-0.25, -0.2) is 9.78 Å². The Hall–Kier alpha value is -1.88. The number of carbonyl (C=O) groups excluding carboxylic acids is 1. The van der Waals surface area contributed by atoms with Crippen LogP contribution in [0.4, 0.5) is 5.13 Å². The lowest BCUT2D eigenvalue weighted by atomic mass is 10.0. The molecule has 0 aliphatic rings. The van der Waals surface area contributed by atoms with Crippen LogP contribution in [0, 0.1) is 13.8 Å². The molecule has 1 aromatic heterocycles. The van der Waals surface area contributed by atoms with Crippen LogP contribution in [0.3, 0.4) is 0 Å². The number of carbonyl (C=O) groups is 1. The standard InChI is InChI=1S/C13H14N2O2S/c1-7-4-5-9(6-8(7)2)11-10(12(16)17-3)15-13(14)18-11/h4-6H,1-3H3,(H2,14,15). The van der Waals surface area contributed by atoms with E-state index < -0.39 is 5.97 Å². The minimum Gasteiger partial charge on any atom is -0.464 e. The number of methoxy groups -OCH3 is 1. The lowest BCUT2D eigenvalue weighted by Crippen LogP contribution is -2.03. The molecule has 0 saturated heterocycles. The number of ether oxygens (including phenoxy) is 1. The summed E-state index contributed by atoms with van der Waals surface area (Å²) in [7, 11) is 1.34. The van der Waals surface area contributed by atoms with Crippen molar-refractivity contribution in [3.05, 3.63) is 35.0 Å². The number of benzene rings is 1. The Morgan fingerprint density at radius 1 is 1.33 bits per heavy atom. The second-order valence-electron chi connectivity index (χ2n) is 4.02. The predicted molar refractivity (Wildman–Crippen MR) is 72.8 cm³/mol. The predicted octanol–water partition coefficient (Wildman–Crippen LogP) is 2.80. The maximum absolute atomic E-state index is 11.6. The molecular weight excluding hydrogens is 248 g/mol. The van der Waals surface area contributed by atoms with E-state index in [2.05, 4.69) is 4.98 Å². The van der Waals surface area contributed by atoms with Gasteiger partial charge in [-0.15, -0.1) is 0 Å². The summed E-state index contributed by atoms with van der Waals surface area (Å²) in [4.78, 5) is 16.4. The smallest absolute Gasteiger partial charge is 0.358 e. The highest BCUT2D eigenvalue weighted by molar-refractivity contribution is 7.19. The summed E-state index contributed by atoms with van der Waals surface area (Å²) in [6, 6.07) is 6.00. The minimum atomic E-state index is -0.462. The van der Waals surface area contributed by atoms with Crippen molar-refractivity contribution in [1.29, 1.82) is 0 Å². The van der Waals surface area contributed by atoms with Gasteiger partial charge in [-0.3, -0.25) is 0 Å². The molecule has 0 bridgehead atoms. The van der Waals surface area contributed by atoms with Crippen molar-refractivity contribution in [2.75, 3.05) is 12.8 Å². The number of nitrogens with zero attached hydrogens (tertiary/aromatic N) is 1. The van der Waals surface area contributed by atoms with Gasteiger partial charge < -0.3 is 10.5 Å². The molecular formula is C13H14N2O2S. The number of nitrogen functional groups attached to an aromatic ring is 1. The largest absolute Gasteiger partial charge is 0.464 e. The molecule has 4 nitrogen and oxygen atoms in total. The Morgan fingerprint density at radius 3 is 2.67 bits per heavy atom. The summed E-state index contributed by atoms with van der Waals surface area (Å²) < 4.78 is 4.72. The second-order valence-corrected chi connectivity index (χ2v) is 5.05. The maximum Gasteiger partial charge on any atom is 0.358 e. The molecule has 0 aliphatic carbocycles. The molecule has 1 heterocycles. The zero-order valence-electron chi connectivity index (χ0n) is 10.5. The van der Waals surface area contributed by atoms with Crippen LogP contribution in [-0.2, 0) is 4.74 Å². The molecule has 18 heavy (non-hydrogen) atoms. The number of esters is 1. The fourth-order valence-corrected chi connectivity index (χ4v) is 2.47. The van der Waals surface area contributed by atoms with Crippen LogP contribution in [0.25, 0.3) is 10.4 Å². The summed E-state index contributed by atoms with van der Waals surface area (Å²) in [6.45, 7) is 4.07. The van der Waals surface area contributed by atoms with E-state index in [1.165, 1.54) is 24.0 Å². The van der Waals surface area contributed by atoms with Crippen molar-refractivity contribution < 1.29 is 9.53 Å². The topological polar surface area (TPSA) is 65.2 Å². The number of thiazole rings is 1. The zero-order chi connectivity index (χ0) is 13.3. The van der Waals surface area contributed by atoms with E-state index in [1.807, 2.05) is 32.0 Å². The van der Waals surface area contributed by atoms with E-state index in [1.54, 1.807) is 0 Å². The van der Waals surface area contributed by atoms with Gasteiger partial charge in [0, 0.05) is 0 Å². The average Bonchev–Trinajstić information content (AvgIpc) is 2.74. The monoisotopic (exact) mass is 262 g/mol. The Morgan fingerprint density at radius 2 is 2.06 bits per heavy atom. The molecule has 0 radical (unpaired) electrons. The molecule has 94 valence electrons. The van der Waals surface area contributed by atoms with Crippen LogP contribution in [0.15, 0.2) is 18.2 Å². The van der Waals surface area contributed by atoms with Crippen molar-refractivity contribution in [3.63, 3.8) is 0 Å². The molecule has 0 unspecified atom stereocenters. The van der Waals surface area contributed by atoms with Gasteiger partial charge in [0.15, 0.2) is 10.8 Å². The Labute approximate surface area is 109 Å². The first kappa shape index (κ1) is 12.6. The fourth-order valence-electron chi connectivity index (χ4n) is 1.65. The number of nitrogens with two attached hydrogens (primary N) is 1. The Bertz CT molecular complexity index is 605. The highest BCUT2D eigenvalue weighted by Crippen LogP contribution is 2.33. The first-order chi connectivity index (χ1) is 8.52. The Kier molecular flexibility index (Phi) is 3.34. The van der Waals surface area contributed by atoms with Gasteiger partial charge in [-0.1, -0.05) is 29.5 Å². The highest BCUT2D eigenvalue weighted by atomic mass is 32.1. The summed E-state index contributed by atoms with van der Waals surface area (Å²) >= 11 is 1.29. The van der Waals surface area contributed by atoms with Crippen molar-refractivity contribution in [2.45, 2.75) is 13.8 Å². The van der Waals surface area contributed by atoms with Gasteiger partial charge in [-0.2, -0.15) is 0 Å². The number of hydrogen-bond donors (Lipinski definition) is 1. The van der Waals surface area contributed by atoms with Crippen molar-refractivity contribution in [3.8, 4) is 10.4 Å². The van der Waals surface area contributed by atoms with Crippen LogP contribution in [0.5, 0.6) is 0 Å². The molecule has 5 heteroatoms. The molecule has 0 aliphatic heterocycles. The molecule has 1 aromatic carbocycles. The summed E-state index contributed by atoms with van der Waals surface area (Å²) in [5.74, 6) is -0.462. The van der Waals surface area contributed by atoms with E-state index in [9.17, 15) is 4.79 Å². The zero-order valence-corrected chi connectivity index (χ0v) is 11.3. The molecule has 2 rings (SSSR count). The molecule has 2 N–H and O–H groups in total. The number of anilines is 1. The van der Waals surface area contributed by atoms with E-state index in [4.69, 9.17) is 10.5 Å². The van der Waals surface area contributed by atoms with Crippen molar-refractivity contribution in [2.24, 2.45) is 0 Å². The summed E-state index contributed by atoms with van der Waals surface area (Å²) in [5, 5.41) is 0.364. The maximum atomic E-state index is 11.6. The second kappa shape index (κ2) is 4.78. The van der Waals surface area contributed by atoms with E-state index in [-0.39, 0.29) is 5.69 Å². The molecule has 0 amide bonds. The van der Waals surface area contributed by atoms with Gasteiger partial charge in [0.1, 0.15) is 0 Å². The summed E-state index contributed by atoms with van der Waals surface area (Å²) in [5.41, 5.74) is 9.26. The quantitative estimate of drug-likeness (QED) is 0.845. The van der Waals surface area contributed by atoms with Crippen molar-refractivity contribution >= 4 is 22.4 Å². The van der Waals surface area contributed by atoms with Crippen molar-refractivity contribution in [1.82, 2.24) is 4.98 Å². The SMILES string of the molecule is COC(=O)c1nc(N)sc1-c1ccc(C)c(C)c1. The number of rotatable bonds is 2. The highest BCUT2D eigenvalue weighted by Gasteiger charge is 2.19. The van der Waals surface area contributed by atoms with Gasteiger partial charge in [0.25, 0.3) is 0 Å². The molecule has 0 fully saturated rings. The lowest BCUT2D eigenvalue weighted by Gasteiger charge is -2.04. The third-order valence-corrected chi connectivity index (χ3v) is 3.73. The van der Waals surface area contributed by atoms with E-state index in [0.29, 0.717) is 5.13 Å². The summed E-state index contributed by atoms with van der Waals surface area (Å²) in [6.07, 6.45) is 0. The Balaban J connectivity index is 2.56. The third kappa shape index (κ3) is 2.22. The molecule has 0 saturated carbocycles. The van der Waals surface area contributed by atoms with Crippen LogP contribution in [0.2, 0.25) is 0 Å². The van der Waals surface area contributed by atoms with Crippen LogP contribution < -0.4 is 5.73 Å². The molecule has 0 spiro atoms. The number of hydrogen-bond acceptors (Lipinski definition) is 5. The molecule has 0 atom stereocenters. The van der Waals surface area contributed by atoms with Gasteiger partial charge in [-0.05, 0) is 30.5 Å². The first-order valence-corrected chi connectivity index (χ1v) is 6.27. The fraction of sp³-hybridized carbons (Fsp3) is 0.231. The van der Waals surface area contributed by atoms with Crippen LogP contribution >= 0.6 is 11.3 Å².